The van der Waals surface area contributed by atoms with Crippen LogP contribution in [0.3, 0.4) is 0 Å². The number of nitrogens with one attached hydrogen (secondary N) is 1. The number of rotatable bonds is 8. The summed E-state index contributed by atoms with van der Waals surface area (Å²) in [4.78, 5) is 9.52. The highest BCUT2D eigenvalue weighted by Crippen LogP contribution is 2.26. The fourth-order valence-electron chi connectivity index (χ4n) is 3.81. The maximum Gasteiger partial charge on any atom is 0.194 e. The number of aliphatic imine (C=N–C) groups is 1. The molecule has 7 heteroatoms. The third-order valence-electron chi connectivity index (χ3n) is 5.51. The van der Waals surface area contributed by atoms with Crippen LogP contribution in [0.25, 0.3) is 0 Å². The van der Waals surface area contributed by atoms with Crippen LogP contribution in [0.4, 0.5) is 5.69 Å². The van der Waals surface area contributed by atoms with Crippen molar-refractivity contribution >= 4 is 23.2 Å². The minimum absolute atomic E-state index is 0.666. The van der Waals surface area contributed by atoms with E-state index in [0.29, 0.717) is 5.92 Å². The Morgan fingerprint density at radius 2 is 1.97 bits per heavy atom. The molecule has 1 N–H and O–H groups in total. The summed E-state index contributed by atoms with van der Waals surface area (Å²) in [6, 6.07) is 8.07. The zero-order chi connectivity index (χ0) is 20.3. The summed E-state index contributed by atoms with van der Waals surface area (Å²) in [5, 5.41) is 4.26. The van der Waals surface area contributed by atoms with Gasteiger partial charge in [0, 0.05) is 65.7 Å². The topological polar surface area (TPSA) is 49.3 Å². The molecule has 2 heterocycles. The van der Waals surface area contributed by atoms with Gasteiger partial charge in [0.1, 0.15) is 0 Å². The van der Waals surface area contributed by atoms with Crippen molar-refractivity contribution in [3.63, 3.8) is 0 Å². The molecule has 0 saturated carbocycles. The lowest BCUT2D eigenvalue weighted by molar-refractivity contribution is 0.0205. The second-order valence-electron chi connectivity index (χ2n) is 7.65. The Bertz CT molecular complexity index is 629. The Labute approximate surface area is 180 Å². The van der Waals surface area contributed by atoms with Gasteiger partial charge in [0.2, 0.25) is 0 Å². The maximum absolute atomic E-state index is 6.36. The first kappa shape index (κ1) is 22.2. The van der Waals surface area contributed by atoms with Crippen LogP contribution >= 0.6 is 11.6 Å². The largest absolute Gasteiger partial charge is 0.381 e. The average molecular weight is 423 g/mol. The summed E-state index contributed by atoms with van der Waals surface area (Å²) in [5.74, 6) is 1.68. The second kappa shape index (κ2) is 12.3. The highest BCUT2D eigenvalue weighted by molar-refractivity contribution is 6.33. The smallest absolute Gasteiger partial charge is 0.194 e. The number of ether oxygens (including phenoxy) is 2. The molecule has 0 radical (unpaired) electrons. The fraction of sp³-hybridized carbons (Fsp3) is 0.682. The lowest BCUT2D eigenvalue weighted by atomic mass is 10.0. The number of benzene rings is 1. The number of anilines is 1. The minimum atomic E-state index is 0.666. The number of hydrogen-bond donors (Lipinski definition) is 1. The van der Waals surface area contributed by atoms with Gasteiger partial charge in [-0.05, 0) is 44.2 Å². The van der Waals surface area contributed by atoms with E-state index in [9.17, 15) is 0 Å². The summed E-state index contributed by atoms with van der Waals surface area (Å²) in [6.07, 6.45) is 3.21. The summed E-state index contributed by atoms with van der Waals surface area (Å²) in [5.41, 5.74) is 1.12. The van der Waals surface area contributed by atoms with Crippen molar-refractivity contribution in [2.24, 2.45) is 10.9 Å². The number of halogens is 1. The van der Waals surface area contributed by atoms with Crippen molar-refractivity contribution in [1.82, 2.24) is 10.2 Å². The molecule has 1 aromatic carbocycles. The molecule has 162 valence electrons. The average Bonchev–Trinajstić information content (AvgIpc) is 2.77. The first-order valence-corrected chi connectivity index (χ1v) is 11.3. The van der Waals surface area contributed by atoms with Gasteiger partial charge in [0.25, 0.3) is 0 Å². The Hall–Kier alpha value is -1.50. The molecule has 0 bridgehead atoms. The van der Waals surface area contributed by atoms with Crippen molar-refractivity contribution in [2.45, 2.75) is 26.2 Å². The molecule has 2 fully saturated rings. The molecular formula is C22H35ClN4O2. The first-order valence-electron chi connectivity index (χ1n) is 11.0. The predicted octanol–water partition coefficient (Wildman–Crippen LogP) is 3.26. The van der Waals surface area contributed by atoms with Gasteiger partial charge in [0.15, 0.2) is 5.96 Å². The van der Waals surface area contributed by atoms with Crippen LogP contribution in [0.1, 0.15) is 26.2 Å². The van der Waals surface area contributed by atoms with Gasteiger partial charge < -0.3 is 24.6 Å². The Kier molecular flexibility index (Phi) is 9.38. The van der Waals surface area contributed by atoms with E-state index in [0.717, 1.165) is 102 Å². The molecule has 0 atom stereocenters. The van der Waals surface area contributed by atoms with Crippen LogP contribution in [0.2, 0.25) is 5.02 Å². The molecule has 2 aliphatic rings. The number of para-hydroxylation sites is 1. The third kappa shape index (κ3) is 7.05. The Balaban J connectivity index is 1.39. The Morgan fingerprint density at radius 3 is 2.69 bits per heavy atom. The van der Waals surface area contributed by atoms with Crippen LogP contribution in [0, 0.1) is 5.92 Å². The standard InChI is InChI=1S/C22H35ClN4O2/c1-2-24-22(25-10-5-15-29-18-19-8-16-28-17-9-19)27-13-11-26(12-14-27)21-7-4-3-6-20(21)23/h3-4,6-7,19H,2,5,8-18H2,1H3,(H,24,25). The molecule has 0 spiro atoms. The van der Waals surface area contributed by atoms with Gasteiger partial charge in [-0.1, -0.05) is 23.7 Å². The van der Waals surface area contributed by atoms with E-state index in [-0.39, 0.29) is 0 Å². The molecule has 29 heavy (non-hydrogen) atoms. The lowest BCUT2D eigenvalue weighted by Crippen LogP contribution is -2.52. The third-order valence-corrected chi connectivity index (χ3v) is 5.83. The summed E-state index contributed by atoms with van der Waals surface area (Å²) >= 11 is 6.36. The van der Waals surface area contributed by atoms with E-state index < -0.39 is 0 Å². The Morgan fingerprint density at radius 1 is 1.21 bits per heavy atom. The zero-order valence-corrected chi connectivity index (χ0v) is 18.4. The van der Waals surface area contributed by atoms with Crippen molar-refractivity contribution < 1.29 is 9.47 Å². The number of piperazine rings is 1. The van der Waals surface area contributed by atoms with Gasteiger partial charge in [0.05, 0.1) is 10.7 Å². The monoisotopic (exact) mass is 422 g/mol. The lowest BCUT2D eigenvalue weighted by Gasteiger charge is -2.38. The molecule has 3 rings (SSSR count). The molecule has 0 aliphatic carbocycles. The van der Waals surface area contributed by atoms with E-state index >= 15 is 0 Å². The van der Waals surface area contributed by atoms with Gasteiger partial charge in [-0.3, -0.25) is 4.99 Å². The van der Waals surface area contributed by atoms with Crippen molar-refractivity contribution in [1.29, 1.82) is 0 Å². The predicted molar refractivity (Wildman–Crippen MR) is 120 cm³/mol. The van der Waals surface area contributed by atoms with Crippen LogP contribution in [0.5, 0.6) is 0 Å². The van der Waals surface area contributed by atoms with Gasteiger partial charge in [-0.2, -0.15) is 0 Å². The van der Waals surface area contributed by atoms with E-state index in [2.05, 4.69) is 28.1 Å². The molecule has 0 unspecified atom stereocenters. The molecule has 0 aromatic heterocycles. The molecular weight excluding hydrogens is 388 g/mol. The maximum atomic E-state index is 6.36. The normalized spacial score (nSPS) is 18.9. The highest BCUT2D eigenvalue weighted by Gasteiger charge is 2.21. The quantitative estimate of drug-likeness (QED) is 0.396. The van der Waals surface area contributed by atoms with Crippen LogP contribution < -0.4 is 10.2 Å². The minimum Gasteiger partial charge on any atom is -0.381 e. The second-order valence-corrected chi connectivity index (χ2v) is 8.05. The van der Waals surface area contributed by atoms with Gasteiger partial charge in [-0.25, -0.2) is 0 Å². The van der Waals surface area contributed by atoms with E-state index in [1.54, 1.807) is 0 Å². The molecule has 1 aromatic rings. The van der Waals surface area contributed by atoms with Gasteiger partial charge >= 0.3 is 0 Å². The summed E-state index contributed by atoms with van der Waals surface area (Å²) in [6.45, 7) is 11.0. The van der Waals surface area contributed by atoms with E-state index in [1.807, 2.05) is 18.2 Å². The zero-order valence-electron chi connectivity index (χ0n) is 17.6. The van der Waals surface area contributed by atoms with E-state index in [4.69, 9.17) is 26.1 Å². The number of hydrogen-bond acceptors (Lipinski definition) is 4. The van der Waals surface area contributed by atoms with Crippen LogP contribution in [-0.4, -0.2) is 76.6 Å². The fourth-order valence-corrected chi connectivity index (χ4v) is 4.06. The summed E-state index contributed by atoms with van der Waals surface area (Å²) in [7, 11) is 0. The number of nitrogens with zero attached hydrogens (tertiary/aromatic N) is 3. The molecule has 2 saturated heterocycles. The molecule has 2 aliphatic heterocycles. The van der Waals surface area contributed by atoms with Crippen LogP contribution in [-0.2, 0) is 9.47 Å². The van der Waals surface area contributed by atoms with Crippen LogP contribution in [0.15, 0.2) is 29.3 Å². The molecule has 0 amide bonds. The van der Waals surface area contributed by atoms with Crippen molar-refractivity contribution in [3.05, 3.63) is 29.3 Å². The SMILES string of the molecule is CCNC(=NCCCOCC1CCOCC1)N1CCN(c2ccccc2Cl)CC1. The summed E-state index contributed by atoms with van der Waals surface area (Å²) < 4.78 is 11.3. The van der Waals surface area contributed by atoms with Crippen molar-refractivity contribution in [2.75, 3.05) is 70.6 Å². The number of guanidine groups is 1. The molecule has 6 nitrogen and oxygen atoms in total. The van der Waals surface area contributed by atoms with E-state index in [1.165, 1.54) is 0 Å². The van der Waals surface area contributed by atoms with Crippen molar-refractivity contribution in [3.8, 4) is 0 Å². The van der Waals surface area contributed by atoms with Gasteiger partial charge in [-0.15, -0.1) is 0 Å². The first-order chi connectivity index (χ1) is 14.3. The highest BCUT2D eigenvalue weighted by atomic mass is 35.5.